The highest BCUT2D eigenvalue weighted by molar-refractivity contribution is 6.31. The van der Waals surface area contributed by atoms with Gasteiger partial charge < -0.3 is 15.0 Å². The molecule has 0 aromatic heterocycles. The van der Waals surface area contributed by atoms with Gasteiger partial charge in [-0.1, -0.05) is 29.8 Å². The molecule has 1 heterocycles. The molecule has 2 aromatic rings. The Balaban J connectivity index is 1.62. The molecule has 2 aromatic carbocycles. The Morgan fingerprint density at radius 1 is 1.22 bits per heavy atom. The van der Waals surface area contributed by atoms with Gasteiger partial charge >= 0.3 is 0 Å². The maximum absolute atomic E-state index is 13.9. The van der Waals surface area contributed by atoms with E-state index in [1.165, 1.54) is 6.07 Å². The van der Waals surface area contributed by atoms with Crippen LogP contribution in [-0.2, 0) is 16.1 Å². The van der Waals surface area contributed by atoms with Crippen LogP contribution in [-0.4, -0.2) is 50.7 Å². The summed E-state index contributed by atoms with van der Waals surface area (Å²) >= 11 is 6.06. The van der Waals surface area contributed by atoms with Crippen molar-refractivity contribution in [2.45, 2.75) is 6.54 Å². The minimum atomic E-state index is -0.368. The van der Waals surface area contributed by atoms with Crippen LogP contribution in [0.1, 0.15) is 5.56 Å². The molecule has 0 atom stereocenters. The van der Waals surface area contributed by atoms with E-state index in [4.69, 9.17) is 16.3 Å². The molecule has 0 radical (unpaired) electrons. The lowest BCUT2D eigenvalue weighted by Crippen LogP contribution is -2.37. The van der Waals surface area contributed by atoms with Gasteiger partial charge in [-0.2, -0.15) is 0 Å². The Hall–Kier alpha value is -2.15. The first-order valence-corrected chi connectivity index (χ1v) is 9.25. The van der Waals surface area contributed by atoms with Gasteiger partial charge in [-0.15, -0.1) is 0 Å². The molecule has 1 saturated heterocycles. The molecular formula is C20H23ClFN3O2. The summed E-state index contributed by atoms with van der Waals surface area (Å²) in [6, 6.07) is 12.3. The lowest BCUT2D eigenvalue weighted by molar-refractivity contribution is -0.117. The zero-order valence-corrected chi connectivity index (χ0v) is 16.0. The van der Waals surface area contributed by atoms with Crippen LogP contribution in [0.3, 0.4) is 0 Å². The average molecular weight is 392 g/mol. The van der Waals surface area contributed by atoms with E-state index in [1.54, 1.807) is 24.1 Å². The zero-order valence-electron chi connectivity index (χ0n) is 15.3. The Labute approximate surface area is 163 Å². The molecule has 5 nitrogen and oxygen atoms in total. The molecule has 0 aliphatic carbocycles. The number of nitrogens with zero attached hydrogens (tertiary/aromatic N) is 2. The van der Waals surface area contributed by atoms with Gasteiger partial charge in [-0.05, 0) is 31.3 Å². The third-order valence-corrected chi connectivity index (χ3v) is 4.79. The van der Waals surface area contributed by atoms with Crippen molar-refractivity contribution in [1.82, 2.24) is 4.90 Å². The summed E-state index contributed by atoms with van der Waals surface area (Å²) in [6.45, 7) is 3.31. The van der Waals surface area contributed by atoms with E-state index in [2.05, 4.69) is 10.2 Å². The highest BCUT2D eigenvalue weighted by Gasteiger charge is 2.17. The monoisotopic (exact) mass is 391 g/mol. The largest absolute Gasteiger partial charge is 0.378 e. The smallest absolute Gasteiger partial charge is 0.238 e. The molecule has 0 saturated carbocycles. The SMILES string of the molecule is CN(CC(=O)Nc1ccccc1N1CCOCC1)Cc1c(F)cccc1Cl. The van der Waals surface area contributed by atoms with E-state index >= 15 is 0 Å². The average Bonchev–Trinajstić information content (AvgIpc) is 2.66. The maximum atomic E-state index is 13.9. The third-order valence-electron chi connectivity index (χ3n) is 4.43. The summed E-state index contributed by atoms with van der Waals surface area (Å²) in [6.07, 6.45) is 0. The van der Waals surface area contributed by atoms with Gasteiger partial charge in [0.1, 0.15) is 5.82 Å². The second-order valence-electron chi connectivity index (χ2n) is 6.54. The van der Waals surface area contributed by atoms with Crippen molar-refractivity contribution in [3.63, 3.8) is 0 Å². The van der Waals surface area contributed by atoms with Crippen LogP contribution >= 0.6 is 11.6 Å². The standard InChI is InChI=1S/C20H23ClFN3O2/c1-24(13-15-16(21)5-4-6-17(15)22)14-20(26)23-18-7-2-3-8-19(18)25-9-11-27-12-10-25/h2-8H,9-14H2,1H3,(H,23,26). The second-order valence-corrected chi connectivity index (χ2v) is 6.94. The van der Waals surface area contributed by atoms with E-state index in [0.29, 0.717) is 23.8 Å². The first-order valence-electron chi connectivity index (χ1n) is 8.87. The van der Waals surface area contributed by atoms with Crippen molar-refractivity contribution in [3.05, 3.63) is 58.9 Å². The van der Waals surface area contributed by atoms with Gasteiger partial charge in [-0.3, -0.25) is 9.69 Å². The number of anilines is 2. The fourth-order valence-corrected chi connectivity index (χ4v) is 3.33. The molecule has 0 bridgehead atoms. The number of ether oxygens (including phenoxy) is 1. The van der Waals surface area contributed by atoms with Crippen LogP contribution in [0.25, 0.3) is 0 Å². The fraction of sp³-hybridized carbons (Fsp3) is 0.350. The number of hydrogen-bond acceptors (Lipinski definition) is 4. The number of para-hydroxylation sites is 2. The molecule has 0 spiro atoms. The number of amides is 1. The van der Waals surface area contributed by atoms with Crippen molar-refractivity contribution >= 4 is 28.9 Å². The highest BCUT2D eigenvalue weighted by Crippen LogP contribution is 2.26. The number of morpholine rings is 1. The maximum Gasteiger partial charge on any atom is 0.238 e. The van der Waals surface area contributed by atoms with E-state index in [9.17, 15) is 9.18 Å². The molecule has 27 heavy (non-hydrogen) atoms. The normalized spacial score (nSPS) is 14.4. The Morgan fingerprint density at radius 3 is 2.70 bits per heavy atom. The van der Waals surface area contributed by atoms with E-state index in [1.807, 2.05) is 24.3 Å². The summed E-state index contributed by atoms with van der Waals surface area (Å²) in [5, 5.41) is 3.32. The number of rotatable bonds is 6. The molecule has 1 fully saturated rings. The molecule has 1 aliphatic rings. The number of benzene rings is 2. The quantitative estimate of drug-likeness (QED) is 0.819. The summed E-state index contributed by atoms with van der Waals surface area (Å²) in [5.74, 6) is -0.530. The van der Waals surface area contributed by atoms with Crippen LogP contribution < -0.4 is 10.2 Å². The van der Waals surface area contributed by atoms with Crippen molar-refractivity contribution in [3.8, 4) is 0 Å². The van der Waals surface area contributed by atoms with Gasteiger partial charge in [0.25, 0.3) is 0 Å². The molecule has 3 rings (SSSR count). The molecule has 0 unspecified atom stereocenters. The molecule has 1 aliphatic heterocycles. The van der Waals surface area contributed by atoms with Crippen molar-refractivity contribution < 1.29 is 13.9 Å². The lowest BCUT2D eigenvalue weighted by atomic mass is 10.2. The summed E-state index contributed by atoms with van der Waals surface area (Å²) in [5.41, 5.74) is 2.14. The highest BCUT2D eigenvalue weighted by atomic mass is 35.5. The zero-order chi connectivity index (χ0) is 19.2. The van der Waals surface area contributed by atoms with E-state index in [0.717, 1.165) is 24.5 Å². The van der Waals surface area contributed by atoms with Gasteiger partial charge in [0.05, 0.1) is 31.1 Å². The summed E-state index contributed by atoms with van der Waals surface area (Å²) in [7, 11) is 1.76. The predicted molar refractivity (Wildman–Crippen MR) is 106 cm³/mol. The summed E-state index contributed by atoms with van der Waals surface area (Å²) in [4.78, 5) is 16.4. The summed E-state index contributed by atoms with van der Waals surface area (Å²) < 4.78 is 19.3. The second kappa shape index (κ2) is 9.17. The number of hydrogen-bond donors (Lipinski definition) is 1. The molecular weight excluding hydrogens is 369 g/mol. The van der Waals surface area contributed by atoms with Crippen molar-refractivity contribution in [2.24, 2.45) is 0 Å². The number of nitrogens with one attached hydrogen (secondary N) is 1. The van der Waals surface area contributed by atoms with Crippen LogP contribution in [0, 0.1) is 5.82 Å². The van der Waals surface area contributed by atoms with Gasteiger partial charge in [0, 0.05) is 30.2 Å². The topological polar surface area (TPSA) is 44.8 Å². The van der Waals surface area contributed by atoms with Gasteiger partial charge in [0.2, 0.25) is 5.91 Å². The minimum Gasteiger partial charge on any atom is -0.378 e. The van der Waals surface area contributed by atoms with E-state index in [-0.39, 0.29) is 24.8 Å². The van der Waals surface area contributed by atoms with Gasteiger partial charge in [0.15, 0.2) is 0 Å². The first-order chi connectivity index (χ1) is 13.0. The van der Waals surface area contributed by atoms with Crippen LogP contribution in [0.2, 0.25) is 5.02 Å². The lowest BCUT2D eigenvalue weighted by Gasteiger charge is -2.30. The number of carbonyl (C=O) groups excluding carboxylic acids is 1. The molecule has 7 heteroatoms. The van der Waals surface area contributed by atoms with E-state index < -0.39 is 0 Å². The molecule has 1 amide bonds. The van der Waals surface area contributed by atoms with Crippen LogP contribution in [0.15, 0.2) is 42.5 Å². The molecule has 1 N–H and O–H groups in total. The van der Waals surface area contributed by atoms with Crippen molar-refractivity contribution in [1.29, 1.82) is 0 Å². The van der Waals surface area contributed by atoms with Gasteiger partial charge in [-0.25, -0.2) is 4.39 Å². The van der Waals surface area contributed by atoms with Crippen molar-refractivity contribution in [2.75, 3.05) is 50.1 Å². The number of likely N-dealkylation sites (N-methyl/N-ethyl adjacent to an activating group) is 1. The Kier molecular flexibility index (Phi) is 6.66. The number of carbonyl (C=O) groups is 1. The Bertz CT molecular complexity index is 776. The minimum absolute atomic E-state index is 0.127. The first kappa shape index (κ1) is 19.6. The third kappa shape index (κ3) is 5.19. The number of halogens is 2. The predicted octanol–water partition coefficient (Wildman–Crippen LogP) is 3.39. The van der Waals surface area contributed by atoms with Crippen LogP contribution in [0.5, 0.6) is 0 Å². The molecule has 144 valence electrons. The Morgan fingerprint density at radius 2 is 1.96 bits per heavy atom. The fourth-order valence-electron chi connectivity index (χ4n) is 3.10. The van der Waals surface area contributed by atoms with Crippen LogP contribution in [0.4, 0.5) is 15.8 Å².